The zero-order valence-electron chi connectivity index (χ0n) is 15.6. The number of amides is 1. The number of benzene rings is 1. The summed E-state index contributed by atoms with van der Waals surface area (Å²) in [6.07, 6.45) is 2.93. The first-order valence-electron chi connectivity index (χ1n) is 9.34. The molecule has 1 atom stereocenters. The molecule has 3 rings (SSSR count). The predicted molar refractivity (Wildman–Crippen MR) is 98.2 cm³/mol. The normalized spacial score (nSPS) is 16.6. The van der Waals surface area contributed by atoms with Crippen molar-refractivity contribution in [3.63, 3.8) is 0 Å². The van der Waals surface area contributed by atoms with Crippen molar-refractivity contribution in [2.24, 2.45) is 0 Å². The van der Waals surface area contributed by atoms with Crippen molar-refractivity contribution in [2.75, 3.05) is 26.4 Å². The lowest BCUT2D eigenvalue weighted by molar-refractivity contribution is 0.0453. The molecule has 146 valence electrons. The van der Waals surface area contributed by atoms with Gasteiger partial charge in [-0.1, -0.05) is 24.3 Å². The van der Waals surface area contributed by atoms with Gasteiger partial charge in [-0.15, -0.1) is 0 Å². The Balaban J connectivity index is 1.50. The van der Waals surface area contributed by atoms with Gasteiger partial charge in [0.05, 0.1) is 19.8 Å². The van der Waals surface area contributed by atoms with Gasteiger partial charge in [-0.3, -0.25) is 4.79 Å². The molecule has 0 aliphatic carbocycles. The molecule has 0 bridgehead atoms. The standard InChI is InChI=1S/C20H26N2O5/c1-2-24-9-10-25-13-16-6-3-5-15(11-16)12-21-20(23)18-19(27-14-22-18)17-7-4-8-26-17/h3,5-6,11,14,17H,2,4,7-10,12-13H2,1H3,(H,21,23). The molecule has 1 fully saturated rings. The molecule has 7 nitrogen and oxygen atoms in total. The largest absolute Gasteiger partial charge is 0.445 e. The highest BCUT2D eigenvalue weighted by Gasteiger charge is 2.27. The quantitative estimate of drug-likeness (QED) is 0.644. The van der Waals surface area contributed by atoms with Crippen LogP contribution in [0.4, 0.5) is 0 Å². The van der Waals surface area contributed by atoms with E-state index in [9.17, 15) is 4.79 Å². The van der Waals surface area contributed by atoms with Crippen LogP contribution in [0.2, 0.25) is 0 Å². The van der Waals surface area contributed by atoms with E-state index in [1.165, 1.54) is 6.39 Å². The molecule has 0 spiro atoms. The maximum atomic E-state index is 12.5. The summed E-state index contributed by atoms with van der Waals surface area (Å²) < 4.78 is 21.8. The van der Waals surface area contributed by atoms with Crippen molar-refractivity contribution >= 4 is 5.91 Å². The number of carbonyl (C=O) groups is 1. The summed E-state index contributed by atoms with van der Waals surface area (Å²) in [4.78, 5) is 16.6. The molecule has 1 aromatic heterocycles. The first-order chi connectivity index (χ1) is 13.3. The third kappa shape index (κ3) is 5.63. The highest BCUT2D eigenvalue weighted by molar-refractivity contribution is 5.93. The Hall–Kier alpha value is -2.22. The van der Waals surface area contributed by atoms with Gasteiger partial charge in [-0.05, 0) is 30.9 Å². The van der Waals surface area contributed by atoms with Crippen LogP contribution in [0.25, 0.3) is 0 Å². The highest BCUT2D eigenvalue weighted by atomic mass is 16.5. The van der Waals surface area contributed by atoms with Crippen LogP contribution in [0.1, 0.15) is 53.2 Å². The Bertz CT molecular complexity index is 725. The molecule has 1 aliphatic heterocycles. The fraction of sp³-hybridized carbons (Fsp3) is 0.500. The SMILES string of the molecule is CCOCCOCc1cccc(CNC(=O)c2ncoc2C2CCCO2)c1. The highest BCUT2D eigenvalue weighted by Crippen LogP contribution is 2.30. The van der Waals surface area contributed by atoms with Crippen LogP contribution in [0, 0.1) is 0 Å². The van der Waals surface area contributed by atoms with E-state index in [1.807, 2.05) is 31.2 Å². The number of carbonyl (C=O) groups excluding carboxylic acids is 1. The third-order valence-corrected chi connectivity index (χ3v) is 4.32. The molecule has 1 aliphatic rings. The number of nitrogens with zero attached hydrogens (tertiary/aromatic N) is 1. The minimum atomic E-state index is -0.257. The lowest BCUT2D eigenvalue weighted by Crippen LogP contribution is -2.24. The lowest BCUT2D eigenvalue weighted by Gasteiger charge is -2.09. The lowest BCUT2D eigenvalue weighted by atomic mass is 10.1. The molecular formula is C20H26N2O5. The summed E-state index contributed by atoms with van der Waals surface area (Å²) >= 11 is 0. The predicted octanol–water partition coefficient (Wildman–Crippen LogP) is 3.01. The Labute approximate surface area is 159 Å². The minimum absolute atomic E-state index is 0.176. The summed E-state index contributed by atoms with van der Waals surface area (Å²) in [6, 6.07) is 7.94. The molecule has 7 heteroatoms. The third-order valence-electron chi connectivity index (χ3n) is 4.32. The minimum Gasteiger partial charge on any atom is -0.445 e. The van der Waals surface area contributed by atoms with E-state index in [0.29, 0.717) is 51.0 Å². The van der Waals surface area contributed by atoms with Crippen LogP contribution in [-0.4, -0.2) is 37.3 Å². The summed E-state index contributed by atoms with van der Waals surface area (Å²) in [5, 5.41) is 2.90. The van der Waals surface area contributed by atoms with Crippen molar-refractivity contribution < 1.29 is 23.4 Å². The van der Waals surface area contributed by atoms with E-state index in [0.717, 1.165) is 24.0 Å². The zero-order valence-corrected chi connectivity index (χ0v) is 15.6. The van der Waals surface area contributed by atoms with Gasteiger partial charge in [0.2, 0.25) is 0 Å². The Morgan fingerprint density at radius 3 is 2.96 bits per heavy atom. The first-order valence-corrected chi connectivity index (χ1v) is 9.34. The maximum absolute atomic E-state index is 12.5. The van der Waals surface area contributed by atoms with Crippen LogP contribution >= 0.6 is 0 Å². The van der Waals surface area contributed by atoms with Crippen LogP contribution in [0.3, 0.4) is 0 Å². The first kappa shape index (κ1) is 19.5. The number of ether oxygens (including phenoxy) is 3. The van der Waals surface area contributed by atoms with Gasteiger partial charge in [0, 0.05) is 19.8 Å². The number of nitrogens with one attached hydrogen (secondary N) is 1. The zero-order chi connectivity index (χ0) is 18.9. The molecule has 2 aromatic rings. The molecule has 2 heterocycles. The van der Waals surface area contributed by atoms with Gasteiger partial charge < -0.3 is 23.9 Å². The summed E-state index contributed by atoms with van der Waals surface area (Å²) in [5.74, 6) is 0.258. The number of rotatable bonds is 10. The fourth-order valence-electron chi connectivity index (χ4n) is 2.99. The average molecular weight is 374 g/mol. The fourth-order valence-corrected chi connectivity index (χ4v) is 2.99. The Kier molecular flexibility index (Phi) is 7.38. The molecule has 1 N–H and O–H groups in total. The smallest absolute Gasteiger partial charge is 0.273 e. The van der Waals surface area contributed by atoms with E-state index < -0.39 is 0 Å². The van der Waals surface area contributed by atoms with Crippen molar-refractivity contribution in [1.29, 1.82) is 0 Å². The van der Waals surface area contributed by atoms with E-state index in [-0.39, 0.29) is 12.0 Å². The van der Waals surface area contributed by atoms with Gasteiger partial charge in [0.15, 0.2) is 17.8 Å². The summed E-state index contributed by atoms with van der Waals surface area (Å²) in [6.45, 7) is 5.42. The van der Waals surface area contributed by atoms with Gasteiger partial charge in [-0.25, -0.2) is 4.98 Å². The molecule has 1 saturated heterocycles. The van der Waals surface area contributed by atoms with Crippen LogP contribution < -0.4 is 5.32 Å². The van der Waals surface area contributed by atoms with Crippen molar-refractivity contribution in [3.05, 3.63) is 53.2 Å². The summed E-state index contributed by atoms with van der Waals surface area (Å²) in [5.41, 5.74) is 2.36. The maximum Gasteiger partial charge on any atom is 0.273 e. The second-order valence-electron chi connectivity index (χ2n) is 6.32. The van der Waals surface area contributed by atoms with Crippen molar-refractivity contribution in [1.82, 2.24) is 10.3 Å². The van der Waals surface area contributed by atoms with E-state index in [1.54, 1.807) is 0 Å². The van der Waals surface area contributed by atoms with Crippen LogP contribution in [-0.2, 0) is 27.4 Å². The number of hydrogen-bond donors (Lipinski definition) is 1. The van der Waals surface area contributed by atoms with Gasteiger partial charge in [-0.2, -0.15) is 0 Å². The molecule has 0 radical (unpaired) electrons. The Morgan fingerprint density at radius 2 is 2.15 bits per heavy atom. The monoisotopic (exact) mass is 374 g/mol. The molecule has 27 heavy (non-hydrogen) atoms. The second kappa shape index (κ2) is 10.2. The van der Waals surface area contributed by atoms with Crippen LogP contribution in [0.15, 0.2) is 35.1 Å². The topological polar surface area (TPSA) is 82.8 Å². The number of aromatic nitrogens is 1. The van der Waals surface area contributed by atoms with Gasteiger partial charge >= 0.3 is 0 Å². The number of oxazole rings is 1. The molecular weight excluding hydrogens is 348 g/mol. The van der Waals surface area contributed by atoms with Crippen molar-refractivity contribution in [3.8, 4) is 0 Å². The molecule has 1 aromatic carbocycles. The van der Waals surface area contributed by atoms with E-state index >= 15 is 0 Å². The van der Waals surface area contributed by atoms with E-state index in [2.05, 4.69) is 10.3 Å². The van der Waals surface area contributed by atoms with Gasteiger partial charge in [0.1, 0.15) is 6.10 Å². The Morgan fingerprint density at radius 1 is 1.30 bits per heavy atom. The van der Waals surface area contributed by atoms with Crippen LogP contribution in [0.5, 0.6) is 0 Å². The van der Waals surface area contributed by atoms with Gasteiger partial charge in [0.25, 0.3) is 5.91 Å². The second-order valence-corrected chi connectivity index (χ2v) is 6.32. The summed E-state index contributed by atoms with van der Waals surface area (Å²) in [7, 11) is 0. The molecule has 0 saturated carbocycles. The molecule has 1 unspecified atom stereocenters. The average Bonchev–Trinajstić information content (AvgIpc) is 3.37. The number of hydrogen-bond acceptors (Lipinski definition) is 6. The van der Waals surface area contributed by atoms with Crippen molar-refractivity contribution in [2.45, 2.75) is 39.0 Å². The molecule has 1 amide bonds. The van der Waals surface area contributed by atoms with E-state index in [4.69, 9.17) is 18.6 Å².